The number of aromatic nitrogens is 2. The van der Waals surface area contributed by atoms with Crippen LogP contribution in [0.4, 0.5) is 0 Å². The molecule has 0 aliphatic carbocycles. The maximum Gasteiger partial charge on any atom is 0.330 e. The Kier molecular flexibility index (Phi) is 6.35. The second-order valence-electron chi connectivity index (χ2n) is 9.81. The number of nitrogens with one attached hydrogen (secondary N) is 2. The van der Waals surface area contributed by atoms with Crippen LogP contribution in [-0.4, -0.2) is 61.8 Å². The van der Waals surface area contributed by atoms with Crippen LogP contribution in [0, 0.1) is 0 Å². The number of carbonyl (C=O) groups excluding carboxylic acids is 3. The molecular weight excluding hydrogens is 464 g/mol. The molecule has 3 aliphatic rings. The highest BCUT2D eigenvalue weighted by molar-refractivity contribution is 6.05. The summed E-state index contributed by atoms with van der Waals surface area (Å²) in [6.07, 6.45) is 3.04. The Balaban J connectivity index is 1.44. The quantitative estimate of drug-likeness (QED) is 0.504. The van der Waals surface area contributed by atoms with E-state index in [0.29, 0.717) is 37.2 Å². The number of benzene rings is 1. The van der Waals surface area contributed by atoms with Gasteiger partial charge in [-0.05, 0) is 36.6 Å². The van der Waals surface area contributed by atoms with E-state index in [-0.39, 0.29) is 35.5 Å². The highest BCUT2D eigenvalue weighted by Crippen LogP contribution is 2.31. The van der Waals surface area contributed by atoms with Gasteiger partial charge in [0, 0.05) is 70.1 Å². The zero-order valence-electron chi connectivity index (χ0n) is 20.5. The van der Waals surface area contributed by atoms with E-state index in [2.05, 4.69) is 15.5 Å². The first kappa shape index (κ1) is 24.1. The number of fused-ring (bicyclic) bond motifs is 1. The van der Waals surface area contributed by atoms with Gasteiger partial charge in [-0.25, -0.2) is 4.79 Å². The van der Waals surface area contributed by atoms with Crippen LogP contribution in [0.15, 0.2) is 34.0 Å². The van der Waals surface area contributed by atoms with Crippen LogP contribution in [-0.2, 0) is 43.3 Å². The molecule has 1 aromatic heterocycles. The summed E-state index contributed by atoms with van der Waals surface area (Å²) in [6, 6.07) is 5.12. The predicted molar refractivity (Wildman–Crippen MR) is 130 cm³/mol. The molecule has 11 nitrogen and oxygen atoms in total. The lowest BCUT2D eigenvalue weighted by atomic mass is 10.0. The topological polar surface area (TPSA) is 126 Å². The van der Waals surface area contributed by atoms with E-state index in [4.69, 9.17) is 0 Å². The van der Waals surface area contributed by atoms with Gasteiger partial charge in [0.25, 0.3) is 11.5 Å². The van der Waals surface area contributed by atoms with Crippen molar-refractivity contribution in [1.29, 1.82) is 0 Å². The van der Waals surface area contributed by atoms with Crippen molar-refractivity contribution in [2.75, 3.05) is 13.1 Å². The molecule has 3 amide bonds. The summed E-state index contributed by atoms with van der Waals surface area (Å²) in [6.45, 7) is 2.83. The number of hydrogen-bond acceptors (Lipinski definition) is 7. The number of rotatable bonds is 6. The summed E-state index contributed by atoms with van der Waals surface area (Å²) >= 11 is 0. The summed E-state index contributed by atoms with van der Waals surface area (Å²) in [5.41, 5.74) is 2.25. The minimum Gasteiger partial charge on any atom is -0.322 e. The highest BCUT2D eigenvalue weighted by Gasteiger charge is 2.40. The SMILES string of the molecule is Cn1cc(CN(Cc2cccc3c2CN(C2CCC(=O)NC2=O)C3=O)C2CCNC2)c(=O)n(C)c1=O. The second-order valence-corrected chi connectivity index (χ2v) is 9.81. The van der Waals surface area contributed by atoms with E-state index >= 15 is 0 Å². The number of piperidine rings is 1. The molecule has 3 aliphatic heterocycles. The van der Waals surface area contributed by atoms with Crippen LogP contribution in [0.2, 0.25) is 0 Å². The van der Waals surface area contributed by atoms with E-state index in [1.165, 1.54) is 11.6 Å². The van der Waals surface area contributed by atoms with Crippen molar-refractivity contribution >= 4 is 17.7 Å². The number of nitrogens with zero attached hydrogens (tertiary/aromatic N) is 4. The summed E-state index contributed by atoms with van der Waals surface area (Å²) in [5, 5.41) is 5.71. The number of imide groups is 1. The van der Waals surface area contributed by atoms with Crippen LogP contribution < -0.4 is 21.9 Å². The average Bonchev–Trinajstić information content (AvgIpc) is 3.50. The summed E-state index contributed by atoms with van der Waals surface area (Å²) < 4.78 is 2.54. The molecule has 4 heterocycles. The Morgan fingerprint density at radius 2 is 1.81 bits per heavy atom. The Hall–Kier alpha value is -3.57. The largest absolute Gasteiger partial charge is 0.330 e. The zero-order chi connectivity index (χ0) is 25.6. The molecule has 5 rings (SSSR count). The van der Waals surface area contributed by atoms with Crippen molar-refractivity contribution in [3.05, 3.63) is 67.5 Å². The van der Waals surface area contributed by atoms with E-state index in [0.717, 1.165) is 35.2 Å². The van der Waals surface area contributed by atoms with Crippen molar-refractivity contribution in [2.24, 2.45) is 14.1 Å². The first-order valence-electron chi connectivity index (χ1n) is 12.2. The van der Waals surface area contributed by atoms with Crippen LogP contribution in [0.25, 0.3) is 0 Å². The Morgan fingerprint density at radius 3 is 2.53 bits per heavy atom. The maximum atomic E-state index is 13.2. The number of hydrogen-bond donors (Lipinski definition) is 2. The monoisotopic (exact) mass is 494 g/mol. The lowest BCUT2D eigenvalue weighted by Gasteiger charge is -2.30. The molecule has 1 aromatic carbocycles. The van der Waals surface area contributed by atoms with Gasteiger partial charge >= 0.3 is 5.69 Å². The Labute approximate surface area is 207 Å². The fourth-order valence-electron chi connectivity index (χ4n) is 5.49. The van der Waals surface area contributed by atoms with Crippen molar-refractivity contribution in [3.8, 4) is 0 Å². The van der Waals surface area contributed by atoms with Crippen LogP contribution in [0.1, 0.15) is 46.3 Å². The van der Waals surface area contributed by atoms with E-state index < -0.39 is 11.9 Å². The fourth-order valence-corrected chi connectivity index (χ4v) is 5.49. The molecule has 0 radical (unpaired) electrons. The van der Waals surface area contributed by atoms with E-state index in [1.807, 2.05) is 12.1 Å². The van der Waals surface area contributed by atoms with Crippen LogP contribution in [0.3, 0.4) is 0 Å². The van der Waals surface area contributed by atoms with Gasteiger partial charge in [-0.3, -0.25) is 34.0 Å². The first-order chi connectivity index (χ1) is 17.2. The molecule has 2 fully saturated rings. The molecule has 36 heavy (non-hydrogen) atoms. The normalized spacial score (nSPS) is 21.9. The van der Waals surface area contributed by atoms with Gasteiger partial charge in [0.2, 0.25) is 11.8 Å². The number of carbonyl (C=O) groups is 3. The maximum absolute atomic E-state index is 13.2. The molecule has 2 N–H and O–H groups in total. The second kappa shape index (κ2) is 9.47. The molecule has 2 unspecified atom stereocenters. The molecule has 0 saturated carbocycles. The standard InChI is InChI=1S/C25H30N6O5/c1-28-11-16(23(34)29(2)25(28)36)13-30(17-8-9-26-10-17)12-15-4-3-5-18-19(15)14-31(24(18)35)20-6-7-21(32)27-22(20)33/h3-5,11,17,20,26H,6-10,12-14H2,1-2H3,(H,27,32,33). The number of aryl methyl sites for hydroxylation is 1. The number of amides is 3. The Bertz CT molecular complexity index is 1360. The minimum absolute atomic E-state index is 0.186. The summed E-state index contributed by atoms with van der Waals surface area (Å²) in [5.74, 6) is -0.952. The van der Waals surface area contributed by atoms with E-state index in [9.17, 15) is 24.0 Å². The third-order valence-electron chi connectivity index (χ3n) is 7.49. The average molecular weight is 495 g/mol. The Morgan fingerprint density at radius 1 is 1.03 bits per heavy atom. The third kappa shape index (κ3) is 4.28. The van der Waals surface area contributed by atoms with Gasteiger partial charge in [-0.1, -0.05) is 12.1 Å². The first-order valence-corrected chi connectivity index (χ1v) is 12.2. The van der Waals surface area contributed by atoms with Gasteiger partial charge in [-0.15, -0.1) is 0 Å². The van der Waals surface area contributed by atoms with Crippen molar-refractivity contribution in [2.45, 2.75) is 51.0 Å². The lowest BCUT2D eigenvalue weighted by Crippen LogP contribution is -2.52. The van der Waals surface area contributed by atoms with Crippen LogP contribution in [0.5, 0.6) is 0 Å². The van der Waals surface area contributed by atoms with Gasteiger partial charge in [0.15, 0.2) is 0 Å². The van der Waals surface area contributed by atoms with Gasteiger partial charge in [0.1, 0.15) is 6.04 Å². The van der Waals surface area contributed by atoms with Gasteiger partial charge in [0.05, 0.1) is 0 Å². The molecule has 190 valence electrons. The van der Waals surface area contributed by atoms with Crippen molar-refractivity contribution in [1.82, 2.24) is 29.6 Å². The molecule has 0 spiro atoms. The third-order valence-corrected chi connectivity index (χ3v) is 7.49. The lowest BCUT2D eigenvalue weighted by molar-refractivity contribution is -0.136. The van der Waals surface area contributed by atoms with Crippen LogP contribution >= 0.6 is 0 Å². The fraction of sp³-hybridized carbons (Fsp3) is 0.480. The zero-order valence-corrected chi connectivity index (χ0v) is 20.5. The molecule has 11 heteroatoms. The van der Waals surface area contributed by atoms with Gasteiger partial charge < -0.3 is 14.8 Å². The smallest absolute Gasteiger partial charge is 0.322 e. The molecular formula is C25H30N6O5. The van der Waals surface area contributed by atoms with Crippen molar-refractivity contribution < 1.29 is 14.4 Å². The predicted octanol–water partition coefficient (Wildman–Crippen LogP) is -0.791. The minimum atomic E-state index is -0.667. The molecule has 2 aromatic rings. The van der Waals surface area contributed by atoms with E-state index in [1.54, 1.807) is 24.2 Å². The summed E-state index contributed by atoms with van der Waals surface area (Å²) in [7, 11) is 3.11. The molecule has 2 saturated heterocycles. The molecule has 0 bridgehead atoms. The van der Waals surface area contributed by atoms with Crippen molar-refractivity contribution in [3.63, 3.8) is 0 Å². The molecule has 2 atom stereocenters. The highest BCUT2D eigenvalue weighted by atomic mass is 16.2. The summed E-state index contributed by atoms with van der Waals surface area (Å²) in [4.78, 5) is 66.0. The van der Waals surface area contributed by atoms with Gasteiger partial charge in [-0.2, -0.15) is 0 Å².